The van der Waals surface area contributed by atoms with Gasteiger partial charge in [0.1, 0.15) is 13.2 Å². The number of carbonyl (C=O) groups excluding carboxylic acids is 1. The predicted molar refractivity (Wildman–Crippen MR) is 98.5 cm³/mol. The first kappa shape index (κ1) is 18.5. The number of aromatic nitrogens is 3. The molecule has 8 nitrogen and oxygen atoms in total. The molecule has 1 amide bonds. The highest BCUT2D eigenvalue weighted by atomic mass is 35.5. The number of carbonyl (C=O) groups is 1. The van der Waals surface area contributed by atoms with Crippen molar-refractivity contribution in [3.05, 3.63) is 29.6 Å². The van der Waals surface area contributed by atoms with Crippen LogP contribution >= 0.6 is 12.4 Å². The molecule has 0 aliphatic carbocycles. The number of ether oxygens (including phenoxy) is 2. The molecule has 1 aromatic carbocycles. The van der Waals surface area contributed by atoms with E-state index in [4.69, 9.17) is 9.47 Å². The van der Waals surface area contributed by atoms with Crippen molar-refractivity contribution in [1.29, 1.82) is 0 Å². The van der Waals surface area contributed by atoms with Gasteiger partial charge in [-0.2, -0.15) is 10.1 Å². The number of benzene rings is 1. The van der Waals surface area contributed by atoms with Crippen LogP contribution in [-0.4, -0.2) is 47.0 Å². The van der Waals surface area contributed by atoms with Gasteiger partial charge in [0, 0.05) is 18.5 Å². The number of fused-ring (bicyclic) bond motifs is 1. The maximum Gasteiger partial charge on any atom is 0.258 e. The second kappa shape index (κ2) is 7.92. The molecule has 2 aliphatic heterocycles. The van der Waals surface area contributed by atoms with Crippen LogP contribution in [0.4, 0.5) is 5.95 Å². The van der Waals surface area contributed by atoms with Crippen LogP contribution in [-0.2, 0) is 7.05 Å². The highest BCUT2D eigenvalue weighted by molar-refractivity contribution is 6.03. The Labute approximate surface area is 157 Å². The van der Waals surface area contributed by atoms with E-state index in [1.54, 1.807) is 29.9 Å². The third kappa shape index (κ3) is 3.76. The second-order valence-electron chi connectivity index (χ2n) is 6.25. The first-order chi connectivity index (χ1) is 12.2. The van der Waals surface area contributed by atoms with E-state index in [-0.39, 0.29) is 18.3 Å². The van der Waals surface area contributed by atoms with E-state index >= 15 is 0 Å². The summed E-state index contributed by atoms with van der Waals surface area (Å²) in [5.74, 6) is 2.59. The van der Waals surface area contributed by atoms with Gasteiger partial charge >= 0.3 is 0 Å². The molecule has 0 atom stereocenters. The van der Waals surface area contributed by atoms with Crippen LogP contribution in [0.5, 0.6) is 11.5 Å². The Kier molecular flexibility index (Phi) is 5.63. The molecule has 1 aromatic heterocycles. The van der Waals surface area contributed by atoms with Crippen LogP contribution in [0.1, 0.15) is 34.9 Å². The molecular formula is C17H22ClN5O3. The lowest BCUT2D eigenvalue weighted by atomic mass is 9.98. The molecule has 2 aliphatic rings. The molecule has 4 rings (SSSR count). The number of nitrogens with one attached hydrogen (secondary N) is 2. The average Bonchev–Trinajstić information content (AvgIpc) is 3.02. The fourth-order valence-electron chi connectivity index (χ4n) is 3.12. The van der Waals surface area contributed by atoms with Gasteiger partial charge in [-0.25, -0.2) is 4.68 Å². The Morgan fingerprint density at radius 1 is 1.23 bits per heavy atom. The van der Waals surface area contributed by atoms with E-state index in [2.05, 4.69) is 20.7 Å². The number of amides is 1. The van der Waals surface area contributed by atoms with Crippen LogP contribution < -0.4 is 20.1 Å². The summed E-state index contributed by atoms with van der Waals surface area (Å²) in [5.41, 5.74) is 0.496. The minimum Gasteiger partial charge on any atom is -0.486 e. The lowest BCUT2D eigenvalue weighted by molar-refractivity contribution is 0.102. The second-order valence-corrected chi connectivity index (χ2v) is 6.25. The third-order valence-electron chi connectivity index (χ3n) is 4.51. The van der Waals surface area contributed by atoms with Gasteiger partial charge in [-0.05, 0) is 44.1 Å². The van der Waals surface area contributed by atoms with Crippen molar-refractivity contribution in [2.45, 2.75) is 18.8 Å². The molecule has 0 radical (unpaired) electrons. The maximum absolute atomic E-state index is 12.5. The molecule has 3 heterocycles. The fraction of sp³-hybridized carbons (Fsp3) is 0.471. The Balaban J connectivity index is 0.00000196. The van der Waals surface area contributed by atoms with Crippen molar-refractivity contribution in [3.8, 4) is 11.5 Å². The zero-order chi connectivity index (χ0) is 17.2. The van der Waals surface area contributed by atoms with Crippen LogP contribution in [0.2, 0.25) is 0 Å². The van der Waals surface area contributed by atoms with Crippen molar-refractivity contribution >= 4 is 24.3 Å². The van der Waals surface area contributed by atoms with Crippen molar-refractivity contribution in [2.24, 2.45) is 7.05 Å². The van der Waals surface area contributed by atoms with E-state index in [0.29, 0.717) is 42.1 Å². The number of nitrogens with zero attached hydrogens (tertiary/aromatic N) is 3. The highest BCUT2D eigenvalue weighted by Crippen LogP contribution is 2.31. The normalized spacial score (nSPS) is 16.7. The predicted octanol–water partition coefficient (Wildman–Crippen LogP) is 1.73. The molecule has 0 saturated carbocycles. The number of rotatable bonds is 3. The lowest BCUT2D eigenvalue weighted by Gasteiger charge is -2.19. The van der Waals surface area contributed by atoms with E-state index < -0.39 is 0 Å². The number of halogens is 1. The zero-order valence-electron chi connectivity index (χ0n) is 14.5. The zero-order valence-corrected chi connectivity index (χ0v) is 15.3. The number of hydrogen-bond donors (Lipinski definition) is 2. The molecule has 1 fully saturated rings. The van der Waals surface area contributed by atoms with Gasteiger partial charge in [-0.3, -0.25) is 10.1 Å². The number of anilines is 1. The molecule has 9 heteroatoms. The number of piperidine rings is 1. The van der Waals surface area contributed by atoms with Crippen LogP contribution in [0.25, 0.3) is 0 Å². The lowest BCUT2D eigenvalue weighted by Crippen LogP contribution is -2.27. The summed E-state index contributed by atoms with van der Waals surface area (Å²) in [4.78, 5) is 17.1. The van der Waals surface area contributed by atoms with Crippen LogP contribution in [0.15, 0.2) is 18.2 Å². The Bertz CT molecular complexity index is 789. The first-order valence-electron chi connectivity index (χ1n) is 8.53. The van der Waals surface area contributed by atoms with Crippen molar-refractivity contribution in [2.75, 3.05) is 31.6 Å². The Hall–Kier alpha value is -2.32. The SMILES string of the molecule is Cl.Cn1nc(C2CCNCC2)nc1NC(=O)c1ccc2c(c1)OCCO2. The van der Waals surface area contributed by atoms with Gasteiger partial charge in [-0.15, -0.1) is 12.4 Å². The van der Waals surface area contributed by atoms with Gasteiger partial charge in [0.2, 0.25) is 5.95 Å². The number of hydrogen-bond acceptors (Lipinski definition) is 6. The molecule has 0 bridgehead atoms. The maximum atomic E-state index is 12.5. The molecular weight excluding hydrogens is 358 g/mol. The highest BCUT2D eigenvalue weighted by Gasteiger charge is 2.22. The molecule has 140 valence electrons. The van der Waals surface area contributed by atoms with Gasteiger partial charge in [0.15, 0.2) is 17.3 Å². The third-order valence-corrected chi connectivity index (χ3v) is 4.51. The largest absolute Gasteiger partial charge is 0.486 e. The van der Waals surface area contributed by atoms with Crippen LogP contribution in [0, 0.1) is 0 Å². The Morgan fingerprint density at radius 3 is 2.73 bits per heavy atom. The van der Waals surface area contributed by atoms with Crippen LogP contribution in [0.3, 0.4) is 0 Å². The summed E-state index contributed by atoms with van der Waals surface area (Å²) in [6.07, 6.45) is 2.03. The molecule has 0 spiro atoms. The molecule has 0 unspecified atom stereocenters. The molecule has 1 saturated heterocycles. The quantitative estimate of drug-likeness (QED) is 0.844. The summed E-state index contributed by atoms with van der Waals surface area (Å²) in [5, 5.41) is 10.6. The van der Waals surface area contributed by atoms with Crippen molar-refractivity contribution in [3.63, 3.8) is 0 Å². The monoisotopic (exact) mass is 379 g/mol. The average molecular weight is 380 g/mol. The molecule has 26 heavy (non-hydrogen) atoms. The number of aryl methyl sites for hydroxylation is 1. The smallest absolute Gasteiger partial charge is 0.258 e. The standard InChI is InChI=1S/C17H21N5O3.ClH/c1-22-17(19-15(21-22)11-4-6-18-7-5-11)20-16(23)12-2-3-13-14(10-12)25-9-8-24-13;/h2-3,10-11,18H,4-9H2,1H3,(H,19,20,21,23);1H. The topological polar surface area (TPSA) is 90.3 Å². The van der Waals surface area contributed by atoms with E-state index in [1.165, 1.54) is 0 Å². The summed E-state index contributed by atoms with van der Waals surface area (Å²) in [6, 6.07) is 5.15. The summed E-state index contributed by atoms with van der Waals surface area (Å²) >= 11 is 0. The molecule has 2 aromatic rings. The van der Waals surface area contributed by atoms with E-state index in [0.717, 1.165) is 31.8 Å². The minimum absolute atomic E-state index is 0. The Morgan fingerprint density at radius 2 is 1.96 bits per heavy atom. The van der Waals surface area contributed by atoms with E-state index in [9.17, 15) is 4.79 Å². The van der Waals surface area contributed by atoms with Crippen molar-refractivity contribution in [1.82, 2.24) is 20.1 Å². The summed E-state index contributed by atoms with van der Waals surface area (Å²) < 4.78 is 12.6. The minimum atomic E-state index is -0.246. The van der Waals surface area contributed by atoms with Gasteiger partial charge < -0.3 is 14.8 Å². The van der Waals surface area contributed by atoms with Crippen molar-refractivity contribution < 1.29 is 14.3 Å². The van der Waals surface area contributed by atoms with Gasteiger partial charge in [0.05, 0.1) is 0 Å². The van der Waals surface area contributed by atoms with E-state index in [1.807, 2.05) is 0 Å². The van der Waals surface area contributed by atoms with Gasteiger partial charge in [0.25, 0.3) is 5.91 Å². The summed E-state index contributed by atoms with van der Waals surface area (Å²) in [6.45, 7) is 2.96. The summed E-state index contributed by atoms with van der Waals surface area (Å²) in [7, 11) is 1.79. The fourth-order valence-corrected chi connectivity index (χ4v) is 3.12. The molecule has 2 N–H and O–H groups in total. The first-order valence-corrected chi connectivity index (χ1v) is 8.53. The van der Waals surface area contributed by atoms with Gasteiger partial charge in [-0.1, -0.05) is 0 Å².